The Morgan fingerprint density at radius 1 is 0.277 bits per heavy atom. The van der Waals surface area contributed by atoms with Gasteiger partial charge in [0.25, 0.3) is 0 Å². The molecule has 7 aromatic heterocycles. The molecule has 1 aliphatic rings. The summed E-state index contributed by atoms with van der Waals surface area (Å²) in [7, 11) is 0. The molecule has 0 N–H and O–H groups in total. The molecule has 25 aromatic rings. The van der Waals surface area contributed by atoms with E-state index in [1.165, 1.54) is 132 Å². The van der Waals surface area contributed by atoms with Crippen LogP contribution in [0, 0.1) is 0 Å². The van der Waals surface area contributed by atoms with Crippen LogP contribution in [0.25, 0.3) is 249 Å². The molecule has 0 bridgehead atoms. The van der Waals surface area contributed by atoms with Gasteiger partial charge in [0.15, 0.2) is 0 Å². The molecule has 0 aliphatic heterocycles. The Kier molecular flexibility index (Phi) is 12.1. The summed E-state index contributed by atoms with van der Waals surface area (Å²) in [6, 6.07) is 117. The highest BCUT2D eigenvalue weighted by molar-refractivity contribution is 7.26. The van der Waals surface area contributed by atoms with E-state index in [1.807, 2.05) is 34.8 Å². The van der Waals surface area contributed by atoms with Gasteiger partial charge in [0.1, 0.15) is 5.58 Å². The maximum Gasteiger partial charge on any atom is 0.238 e. The third-order valence-corrected chi connectivity index (χ3v) is 27.1. The zero-order valence-corrected chi connectivity index (χ0v) is 62.1. The summed E-state index contributed by atoms with van der Waals surface area (Å²) in [5.74, 6) is 1.19. The van der Waals surface area contributed by atoms with Crippen LogP contribution in [0.2, 0.25) is 0 Å². The number of para-hydroxylation sites is 1. The highest BCUT2D eigenvalue weighted by Crippen LogP contribution is 2.56. The van der Waals surface area contributed by atoms with Gasteiger partial charge in [0.2, 0.25) is 17.6 Å². The second kappa shape index (κ2) is 22.1. The Balaban J connectivity index is 0.715. The van der Waals surface area contributed by atoms with Crippen molar-refractivity contribution in [1.82, 2.24) is 29.1 Å². The lowest BCUT2D eigenvalue weighted by atomic mass is 9.84. The quantitative estimate of drug-likeness (QED) is 0.161. The van der Waals surface area contributed by atoms with Gasteiger partial charge in [-0.2, -0.15) is 4.98 Å². The highest BCUT2D eigenvalue weighted by atomic mass is 32.1. The van der Waals surface area contributed by atoms with Crippen LogP contribution < -0.4 is 0 Å². The second-order valence-electron chi connectivity index (χ2n) is 30.9. The van der Waals surface area contributed by atoms with Crippen molar-refractivity contribution in [2.45, 2.75) is 19.3 Å². The molecule has 9 heteroatoms. The Bertz CT molecular complexity index is 8610. The van der Waals surface area contributed by atoms with E-state index >= 15 is 0 Å². The number of furan rings is 1. The lowest BCUT2D eigenvalue weighted by Gasteiger charge is -2.22. The summed E-state index contributed by atoms with van der Waals surface area (Å²) >= 11 is 3.66. The zero-order chi connectivity index (χ0) is 73.1. The van der Waals surface area contributed by atoms with Crippen LogP contribution >= 0.6 is 22.7 Å². The summed E-state index contributed by atoms with van der Waals surface area (Å²) in [4.78, 5) is 23.5. The Labute approximate surface area is 646 Å². The molecule has 0 fully saturated rings. The topological polar surface area (TPSA) is 74.6 Å². The van der Waals surface area contributed by atoms with Crippen molar-refractivity contribution in [3.63, 3.8) is 0 Å². The van der Waals surface area contributed by atoms with Gasteiger partial charge in [0.05, 0.1) is 44.5 Å². The molecule has 0 saturated carbocycles. The maximum absolute atomic E-state index is 6.87. The summed E-state index contributed by atoms with van der Waals surface area (Å²) in [5.41, 5.74) is 15.5. The molecule has 7 nitrogen and oxygen atoms in total. The number of aromatic nitrogens is 6. The van der Waals surface area contributed by atoms with Crippen molar-refractivity contribution >= 4 is 215 Å². The summed E-state index contributed by atoms with van der Waals surface area (Å²) in [6.07, 6.45) is 0. The average Bonchev–Trinajstić information content (AvgIpc) is 1.49. The summed E-state index contributed by atoms with van der Waals surface area (Å²) in [5, 5.41) is 30.6. The lowest BCUT2D eigenvalue weighted by molar-refractivity contribution is 0.632. The number of benzene rings is 18. The second-order valence-corrected chi connectivity index (χ2v) is 33.0. The van der Waals surface area contributed by atoms with Crippen molar-refractivity contribution in [2.75, 3.05) is 0 Å². The number of fused-ring (bicyclic) bond motifs is 36. The number of thiophene rings is 2. The standard InChI is InChI=1S/C103H58N6OS2/c1-103(2)77-48-42-58(54-76(77)93-97(73-34-19-39-85-87(73)71-32-14-17-37-83(71)111-85)104-101(106-99(93)103)108-78-49-43-55-21-3-5-23-59(55)91(78)95-80(108)51-46-67-63-27-8-7-25-61(63)62-26-11-12-30-66(62)89(67)95)57-41-45-69-75(53-57)65-29-10-9-28-64(65)68-47-52-81-96(90(68)69)92-60-24-6-4-22-56(60)44-50-79(92)109(81)102-105-98(94-70-31-13-16-36-82(70)110-100(94)107-102)74-35-20-40-86-88(74)72-33-15-18-38-84(72)112-86/h3-54H,1-2H3. The molecule has 7 heterocycles. The minimum Gasteiger partial charge on any atom is -0.437 e. The van der Waals surface area contributed by atoms with Gasteiger partial charge in [-0.3, -0.25) is 9.13 Å². The van der Waals surface area contributed by atoms with Gasteiger partial charge >= 0.3 is 0 Å². The number of nitrogens with zero attached hydrogens (tertiary/aromatic N) is 6. The average molecular weight is 1460 g/mol. The smallest absolute Gasteiger partial charge is 0.238 e. The largest absolute Gasteiger partial charge is 0.437 e. The summed E-state index contributed by atoms with van der Waals surface area (Å²) in [6.45, 7) is 4.73. The fraction of sp³-hybridized carbons (Fsp3) is 0.0291. The first-order valence-electron chi connectivity index (χ1n) is 38.3. The molecule has 1 aliphatic carbocycles. The van der Waals surface area contributed by atoms with E-state index in [-0.39, 0.29) is 0 Å². The molecule has 0 amide bonds. The highest BCUT2D eigenvalue weighted by Gasteiger charge is 2.41. The fourth-order valence-electron chi connectivity index (χ4n) is 20.1. The normalized spacial score (nSPS) is 13.2. The van der Waals surface area contributed by atoms with Crippen molar-refractivity contribution in [2.24, 2.45) is 0 Å². The molecule has 18 aromatic carbocycles. The molecule has 112 heavy (non-hydrogen) atoms. The van der Waals surface area contributed by atoms with Crippen molar-refractivity contribution in [3.05, 3.63) is 327 Å². The minimum absolute atomic E-state index is 0.544. The van der Waals surface area contributed by atoms with Crippen molar-refractivity contribution < 1.29 is 4.42 Å². The van der Waals surface area contributed by atoms with Gasteiger partial charge in [0, 0.05) is 100 Å². The van der Waals surface area contributed by atoms with E-state index in [1.54, 1.807) is 0 Å². The number of rotatable bonds is 5. The van der Waals surface area contributed by atoms with E-state index in [9.17, 15) is 0 Å². The van der Waals surface area contributed by atoms with Gasteiger partial charge in [-0.15, -0.1) is 22.7 Å². The predicted molar refractivity (Wildman–Crippen MR) is 473 cm³/mol. The molecule has 518 valence electrons. The molecule has 0 spiro atoms. The van der Waals surface area contributed by atoms with Crippen LogP contribution in [-0.2, 0) is 5.41 Å². The van der Waals surface area contributed by atoms with Crippen molar-refractivity contribution in [1.29, 1.82) is 0 Å². The Morgan fingerprint density at radius 3 is 1.29 bits per heavy atom. The molecule has 0 atom stereocenters. The predicted octanol–water partition coefficient (Wildman–Crippen LogP) is 28.6. The van der Waals surface area contributed by atoms with Crippen molar-refractivity contribution in [3.8, 4) is 56.7 Å². The molecule has 0 unspecified atom stereocenters. The lowest BCUT2D eigenvalue weighted by Crippen LogP contribution is -2.18. The molecule has 0 saturated heterocycles. The SMILES string of the molecule is CC1(C)c2ccc(-c3ccc4c(c3)c3ccccc3c3ccc5c(c34)c3c4ccccc4ccc3n5-c3nc(-c4cccc5sc6ccccc6c45)c4c(n3)oc3ccccc34)cc2-c2c(-c3cccc4sc5ccccc5c34)nc(-n3c4ccc5ccccc5c4c4c5c6ccccc6c6ccccc6c5ccc43)nc21. The van der Waals surface area contributed by atoms with Gasteiger partial charge in [-0.1, -0.05) is 263 Å². The van der Waals surface area contributed by atoms with E-state index in [4.69, 9.17) is 24.4 Å². The first-order chi connectivity index (χ1) is 55.3. The van der Waals surface area contributed by atoms with E-state index in [2.05, 4.69) is 326 Å². The molecule has 26 rings (SSSR count). The molecular weight excluding hydrogens is 1400 g/mol. The van der Waals surface area contributed by atoms with E-state index in [0.29, 0.717) is 17.6 Å². The van der Waals surface area contributed by atoms with Crippen LogP contribution in [0.1, 0.15) is 25.1 Å². The van der Waals surface area contributed by atoms with Crippen LogP contribution in [0.5, 0.6) is 0 Å². The monoisotopic (exact) mass is 1460 g/mol. The molecule has 0 radical (unpaired) electrons. The zero-order valence-electron chi connectivity index (χ0n) is 60.4. The van der Waals surface area contributed by atoms with Crippen LogP contribution in [0.15, 0.2) is 320 Å². The van der Waals surface area contributed by atoms with E-state index < -0.39 is 5.41 Å². The first kappa shape index (κ1) is 61.0. The third kappa shape index (κ3) is 8.06. The van der Waals surface area contributed by atoms with Crippen LogP contribution in [0.4, 0.5) is 0 Å². The van der Waals surface area contributed by atoms with Crippen LogP contribution in [-0.4, -0.2) is 29.1 Å². The van der Waals surface area contributed by atoms with Crippen LogP contribution in [0.3, 0.4) is 0 Å². The first-order valence-corrected chi connectivity index (χ1v) is 40.0. The molecular formula is C103H58N6OS2. The maximum atomic E-state index is 6.87. The van der Waals surface area contributed by atoms with Gasteiger partial charge < -0.3 is 4.42 Å². The summed E-state index contributed by atoms with van der Waals surface area (Å²) < 4.78 is 16.5. The van der Waals surface area contributed by atoms with Gasteiger partial charge in [-0.05, 0) is 164 Å². The fourth-order valence-corrected chi connectivity index (χ4v) is 22.4. The third-order valence-electron chi connectivity index (χ3n) is 24.9. The minimum atomic E-state index is -0.544. The Morgan fingerprint density at radius 2 is 0.696 bits per heavy atom. The van der Waals surface area contributed by atoms with Gasteiger partial charge in [-0.25, -0.2) is 15.0 Å². The number of hydrogen-bond donors (Lipinski definition) is 0. The van der Waals surface area contributed by atoms with E-state index in [0.717, 1.165) is 110 Å². The Hall–Kier alpha value is -14.0. The number of hydrogen-bond acceptors (Lipinski definition) is 7.